The third-order valence-electron chi connectivity index (χ3n) is 4.77. The number of nitrogens with zero attached hydrogens (tertiary/aromatic N) is 1. The predicted octanol–water partition coefficient (Wildman–Crippen LogP) is 1.78. The first-order chi connectivity index (χ1) is 8.29. The van der Waals surface area contributed by atoms with Crippen LogP contribution in [0, 0.1) is 5.41 Å². The second-order valence-corrected chi connectivity index (χ2v) is 6.00. The quantitative estimate of drug-likeness (QED) is 0.745. The zero-order valence-corrected chi connectivity index (χ0v) is 10.9. The Labute approximate surface area is 105 Å². The molecule has 2 N–H and O–H groups in total. The molecule has 100 valence electrons. The number of aliphatic hydroxyl groups excluding tert-OH is 2. The van der Waals surface area contributed by atoms with E-state index in [1.54, 1.807) is 0 Å². The van der Waals surface area contributed by atoms with Gasteiger partial charge >= 0.3 is 0 Å². The number of hydrogen-bond acceptors (Lipinski definition) is 3. The molecule has 2 saturated carbocycles. The van der Waals surface area contributed by atoms with Gasteiger partial charge in [-0.25, -0.2) is 0 Å². The molecule has 0 aromatic heterocycles. The zero-order valence-electron chi connectivity index (χ0n) is 10.9. The van der Waals surface area contributed by atoms with Crippen molar-refractivity contribution in [2.75, 3.05) is 26.3 Å². The molecule has 0 amide bonds. The highest BCUT2D eigenvalue weighted by Crippen LogP contribution is 2.38. The number of rotatable bonds is 6. The lowest BCUT2D eigenvalue weighted by Gasteiger charge is -2.45. The smallest absolute Gasteiger partial charge is 0.0558 e. The molecule has 0 atom stereocenters. The molecule has 0 aromatic carbocycles. The van der Waals surface area contributed by atoms with Gasteiger partial charge in [0.25, 0.3) is 0 Å². The van der Waals surface area contributed by atoms with Crippen LogP contribution in [0.2, 0.25) is 0 Å². The molecule has 17 heavy (non-hydrogen) atoms. The molecule has 3 heteroatoms. The Kier molecular flexibility index (Phi) is 4.83. The summed E-state index contributed by atoms with van der Waals surface area (Å²) in [4.78, 5) is 2.44. The topological polar surface area (TPSA) is 43.7 Å². The predicted molar refractivity (Wildman–Crippen MR) is 68.9 cm³/mol. The van der Waals surface area contributed by atoms with Gasteiger partial charge in [0, 0.05) is 31.2 Å². The minimum atomic E-state index is 0.128. The second-order valence-electron chi connectivity index (χ2n) is 6.00. The minimum Gasteiger partial charge on any atom is -0.396 e. The molecule has 3 nitrogen and oxygen atoms in total. The fourth-order valence-electron chi connectivity index (χ4n) is 3.37. The van der Waals surface area contributed by atoms with E-state index < -0.39 is 0 Å². The van der Waals surface area contributed by atoms with Gasteiger partial charge in [0.05, 0.1) is 6.61 Å². The number of hydrogen-bond donors (Lipinski definition) is 2. The van der Waals surface area contributed by atoms with E-state index in [4.69, 9.17) is 0 Å². The summed E-state index contributed by atoms with van der Waals surface area (Å²) in [5.74, 6) is 0. The zero-order chi connectivity index (χ0) is 12.1. The lowest BCUT2D eigenvalue weighted by atomic mass is 9.73. The molecule has 2 aliphatic rings. The lowest BCUT2D eigenvalue weighted by Crippen LogP contribution is -2.49. The van der Waals surface area contributed by atoms with Crippen LogP contribution in [0.25, 0.3) is 0 Å². The van der Waals surface area contributed by atoms with Crippen LogP contribution >= 0.6 is 0 Å². The summed E-state index contributed by atoms with van der Waals surface area (Å²) in [5.41, 5.74) is 0.128. The van der Waals surface area contributed by atoms with Crippen LogP contribution in [0.4, 0.5) is 0 Å². The third-order valence-corrected chi connectivity index (χ3v) is 4.77. The molecule has 2 aliphatic carbocycles. The van der Waals surface area contributed by atoms with Gasteiger partial charge in [0.1, 0.15) is 0 Å². The van der Waals surface area contributed by atoms with E-state index in [-0.39, 0.29) is 12.0 Å². The molecule has 0 aliphatic heterocycles. The van der Waals surface area contributed by atoms with Crippen molar-refractivity contribution >= 4 is 0 Å². The van der Waals surface area contributed by atoms with E-state index in [9.17, 15) is 10.2 Å². The molecule has 2 rings (SSSR count). The normalized spacial score (nSPS) is 24.9. The average molecular weight is 241 g/mol. The maximum absolute atomic E-state index is 9.74. The molecular weight excluding hydrogens is 214 g/mol. The Bertz CT molecular complexity index is 222. The van der Waals surface area contributed by atoms with Gasteiger partial charge < -0.3 is 10.2 Å². The van der Waals surface area contributed by atoms with Crippen molar-refractivity contribution in [3.8, 4) is 0 Å². The molecule has 0 unspecified atom stereocenters. The van der Waals surface area contributed by atoms with Crippen molar-refractivity contribution in [2.24, 2.45) is 5.41 Å². The molecule has 0 saturated heterocycles. The second kappa shape index (κ2) is 6.17. The summed E-state index contributed by atoms with van der Waals surface area (Å²) in [6.07, 6.45) is 10.1. The van der Waals surface area contributed by atoms with E-state index in [1.807, 2.05) is 0 Å². The van der Waals surface area contributed by atoms with E-state index in [2.05, 4.69) is 4.90 Å². The fraction of sp³-hybridized carbons (Fsp3) is 1.00. The highest BCUT2D eigenvalue weighted by molar-refractivity contribution is 4.89. The molecule has 0 aromatic rings. The summed E-state index contributed by atoms with van der Waals surface area (Å²) in [7, 11) is 0. The van der Waals surface area contributed by atoms with Crippen LogP contribution in [0.1, 0.15) is 51.4 Å². The monoisotopic (exact) mass is 241 g/mol. The Morgan fingerprint density at radius 3 is 2.18 bits per heavy atom. The van der Waals surface area contributed by atoms with Crippen molar-refractivity contribution in [2.45, 2.75) is 57.4 Å². The first-order valence-electron chi connectivity index (χ1n) is 7.25. The van der Waals surface area contributed by atoms with E-state index in [0.717, 1.165) is 25.9 Å². The van der Waals surface area contributed by atoms with E-state index >= 15 is 0 Å². The summed E-state index contributed by atoms with van der Waals surface area (Å²) < 4.78 is 0. The van der Waals surface area contributed by atoms with Crippen molar-refractivity contribution in [1.29, 1.82) is 0 Å². The molecule has 0 radical (unpaired) electrons. The van der Waals surface area contributed by atoms with Crippen molar-refractivity contribution in [3.63, 3.8) is 0 Å². The van der Waals surface area contributed by atoms with E-state index in [0.29, 0.717) is 12.6 Å². The van der Waals surface area contributed by atoms with Gasteiger partial charge in [0.2, 0.25) is 0 Å². The fourth-order valence-corrected chi connectivity index (χ4v) is 3.37. The van der Waals surface area contributed by atoms with Crippen molar-refractivity contribution < 1.29 is 10.2 Å². The first-order valence-corrected chi connectivity index (χ1v) is 7.25. The van der Waals surface area contributed by atoms with Gasteiger partial charge in [-0.15, -0.1) is 0 Å². The summed E-state index contributed by atoms with van der Waals surface area (Å²) >= 11 is 0. The van der Waals surface area contributed by atoms with Gasteiger partial charge in [-0.3, -0.25) is 4.90 Å². The molecule has 2 fully saturated rings. The third kappa shape index (κ3) is 3.21. The van der Waals surface area contributed by atoms with Gasteiger partial charge in [-0.1, -0.05) is 25.7 Å². The summed E-state index contributed by atoms with van der Waals surface area (Å²) in [6.45, 7) is 2.35. The highest BCUT2D eigenvalue weighted by atomic mass is 16.3. The van der Waals surface area contributed by atoms with Crippen LogP contribution in [0.15, 0.2) is 0 Å². The van der Waals surface area contributed by atoms with Gasteiger partial charge in [-0.05, 0) is 25.7 Å². The maximum atomic E-state index is 9.74. The van der Waals surface area contributed by atoms with E-state index in [1.165, 1.54) is 38.5 Å². The SMILES string of the molecule is OCCN(CC1(CO)CCCCC1)C1CCC1. The standard InChI is InChI=1S/C14H27NO2/c16-10-9-15(13-5-4-6-13)11-14(12-17)7-2-1-3-8-14/h13,16-17H,1-12H2. The molecule has 0 spiro atoms. The average Bonchev–Trinajstić information content (AvgIpc) is 2.28. The Hall–Kier alpha value is -0.120. The Morgan fingerprint density at radius 1 is 1.00 bits per heavy atom. The van der Waals surface area contributed by atoms with Gasteiger partial charge in [-0.2, -0.15) is 0 Å². The highest BCUT2D eigenvalue weighted by Gasteiger charge is 2.36. The molecule has 0 bridgehead atoms. The van der Waals surface area contributed by atoms with Crippen molar-refractivity contribution in [3.05, 3.63) is 0 Å². The largest absolute Gasteiger partial charge is 0.396 e. The minimum absolute atomic E-state index is 0.128. The van der Waals surface area contributed by atoms with Crippen LogP contribution in [-0.4, -0.2) is 47.5 Å². The van der Waals surface area contributed by atoms with Crippen LogP contribution in [0.3, 0.4) is 0 Å². The Morgan fingerprint density at radius 2 is 1.71 bits per heavy atom. The summed E-state index contributed by atoms with van der Waals surface area (Å²) in [5, 5.41) is 18.9. The molecule has 0 heterocycles. The van der Waals surface area contributed by atoms with Crippen LogP contribution < -0.4 is 0 Å². The van der Waals surface area contributed by atoms with Crippen molar-refractivity contribution in [1.82, 2.24) is 4.90 Å². The lowest BCUT2D eigenvalue weighted by molar-refractivity contribution is 0.00259. The Balaban J connectivity index is 1.93. The molecular formula is C14H27NO2. The maximum Gasteiger partial charge on any atom is 0.0558 e. The summed E-state index contributed by atoms with van der Waals surface area (Å²) in [6, 6.07) is 0.674. The number of aliphatic hydroxyl groups is 2. The first kappa shape index (κ1) is 13.3. The van der Waals surface area contributed by atoms with Crippen LogP contribution in [-0.2, 0) is 0 Å². The van der Waals surface area contributed by atoms with Gasteiger partial charge in [0.15, 0.2) is 0 Å². The van der Waals surface area contributed by atoms with Crippen LogP contribution in [0.5, 0.6) is 0 Å².